The number of rotatable bonds is 3. The van der Waals surface area contributed by atoms with Gasteiger partial charge in [-0.3, -0.25) is 4.79 Å². The highest BCUT2D eigenvalue weighted by Crippen LogP contribution is 2.34. The van der Waals surface area contributed by atoms with Crippen molar-refractivity contribution in [1.29, 1.82) is 0 Å². The quantitative estimate of drug-likeness (QED) is 0.614. The molecule has 0 spiro atoms. The second-order valence-electron chi connectivity index (χ2n) is 5.29. The fourth-order valence-corrected chi connectivity index (χ4v) is 2.28. The van der Waals surface area contributed by atoms with Crippen LogP contribution in [0, 0.1) is 5.82 Å². The molecule has 1 aromatic heterocycles. The summed E-state index contributed by atoms with van der Waals surface area (Å²) in [6.07, 6.45) is -4.80. The molecule has 0 saturated heterocycles. The van der Waals surface area contributed by atoms with Gasteiger partial charge in [0.25, 0.3) is 0 Å². The van der Waals surface area contributed by atoms with Gasteiger partial charge in [0.05, 0.1) is 12.6 Å². The van der Waals surface area contributed by atoms with Gasteiger partial charge in [0.1, 0.15) is 18.2 Å². The molecule has 0 fully saturated rings. The van der Waals surface area contributed by atoms with Crippen LogP contribution in [0.4, 0.5) is 17.6 Å². The summed E-state index contributed by atoms with van der Waals surface area (Å²) in [6, 6.07) is 1.91. The molecule has 134 valence electrons. The number of ether oxygens (including phenoxy) is 1. The smallest absolute Gasteiger partial charge is 0.471 e. The van der Waals surface area contributed by atoms with Gasteiger partial charge in [0, 0.05) is 11.1 Å². The number of hydrogen-bond acceptors (Lipinski definition) is 7. The van der Waals surface area contributed by atoms with Gasteiger partial charge in [-0.2, -0.15) is 18.2 Å². The molecule has 0 aliphatic carbocycles. The number of carbonyl (C=O) groups is 1. The van der Waals surface area contributed by atoms with Crippen LogP contribution < -0.4 is 4.74 Å². The summed E-state index contributed by atoms with van der Waals surface area (Å²) in [6.45, 7) is 1.90. The highest BCUT2D eigenvalue weighted by molar-refractivity contribution is 5.59. The molecule has 1 aromatic carbocycles. The van der Waals surface area contributed by atoms with Crippen molar-refractivity contribution in [3.63, 3.8) is 0 Å². The summed E-state index contributed by atoms with van der Waals surface area (Å²) >= 11 is 0. The van der Waals surface area contributed by atoms with Gasteiger partial charge in [0.15, 0.2) is 0 Å². The second kappa shape index (κ2) is 6.31. The maximum atomic E-state index is 14.4. The first-order valence-electron chi connectivity index (χ1n) is 7.03. The van der Waals surface area contributed by atoms with E-state index < -0.39 is 23.7 Å². The molecule has 11 heteroatoms. The van der Waals surface area contributed by atoms with Crippen LogP contribution in [0.15, 0.2) is 16.7 Å². The summed E-state index contributed by atoms with van der Waals surface area (Å²) < 4.78 is 61.6. The maximum absolute atomic E-state index is 14.4. The van der Waals surface area contributed by atoms with Gasteiger partial charge in [-0.25, -0.2) is 4.39 Å². The molecular weight excluding hydrogens is 350 g/mol. The van der Waals surface area contributed by atoms with Gasteiger partial charge in [-0.05, 0) is 19.1 Å². The molecule has 1 atom stereocenters. The number of nitrogens with zero attached hydrogens (tertiary/aromatic N) is 3. The first-order valence-corrected chi connectivity index (χ1v) is 7.03. The average Bonchev–Trinajstić information content (AvgIpc) is 2.98. The van der Waals surface area contributed by atoms with E-state index in [0.29, 0.717) is 0 Å². The number of carbonyl (C=O) groups excluding carboxylic acids is 1. The summed E-state index contributed by atoms with van der Waals surface area (Å²) in [4.78, 5) is 18.5. The van der Waals surface area contributed by atoms with Gasteiger partial charge < -0.3 is 14.1 Å². The zero-order valence-electron chi connectivity index (χ0n) is 12.7. The molecular formula is C14H11F4N3O4. The minimum atomic E-state index is -4.80. The molecule has 3 rings (SSSR count). The van der Waals surface area contributed by atoms with Crippen molar-refractivity contribution >= 4 is 6.47 Å². The number of alkyl halides is 3. The molecule has 1 aliphatic heterocycles. The topological polar surface area (TPSA) is 77.7 Å². The minimum absolute atomic E-state index is 0.0343. The van der Waals surface area contributed by atoms with E-state index in [9.17, 15) is 22.4 Å². The van der Waals surface area contributed by atoms with Crippen molar-refractivity contribution in [2.75, 3.05) is 6.61 Å². The van der Waals surface area contributed by atoms with E-state index in [1.165, 1.54) is 11.1 Å². The number of hydrogen-bond donors (Lipinski definition) is 0. The van der Waals surface area contributed by atoms with E-state index >= 15 is 0 Å². The van der Waals surface area contributed by atoms with Gasteiger partial charge in [-0.1, -0.05) is 5.16 Å². The number of benzene rings is 1. The lowest BCUT2D eigenvalue weighted by Crippen LogP contribution is -2.34. The van der Waals surface area contributed by atoms with E-state index in [-0.39, 0.29) is 42.5 Å². The van der Waals surface area contributed by atoms with E-state index in [1.807, 2.05) is 0 Å². The highest BCUT2D eigenvalue weighted by Gasteiger charge is 2.38. The van der Waals surface area contributed by atoms with Crippen molar-refractivity contribution in [1.82, 2.24) is 15.2 Å². The van der Waals surface area contributed by atoms with Crippen LogP contribution in [-0.4, -0.2) is 34.3 Å². The zero-order chi connectivity index (χ0) is 18.2. The standard InChI is InChI=1S/C14H11F4N3O4/c1-7-5-23-11-3-8(12-19-13(25-20-12)14(16,17)18)2-10(15)9(11)4-21(7)24-6-22/h2-3,6-7H,4-5H2,1H3. The zero-order valence-corrected chi connectivity index (χ0v) is 12.7. The molecule has 0 amide bonds. The Morgan fingerprint density at radius 1 is 1.40 bits per heavy atom. The first-order chi connectivity index (χ1) is 11.8. The number of aromatic nitrogens is 2. The molecule has 7 nitrogen and oxygen atoms in total. The molecule has 1 unspecified atom stereocenters. The molecule has 0 bridgehead atoms. The molecule has 1 aliphatic rings. The molecule has 25 heavy (non-hydrogen) atoms. The third-order valence-electron chi connectivity index (χ3n) is 3.55. The molecule has 0 N–H and O–H groups in total. The Labute approximate surface area is 138 Å². The molecule has 0 saturated carbocycles. The molecule has 2 aromatic rings. The summed E-state index contributed by atoms with van der Waals surface area (Å²) in [5, 5.41) is 4.45. The number of halogens is 4. The van der Waals surface area contributed by atoms with Crippen LogP contribution in [0.3, 0.4) is 0 Å². The first kappa shape index (κ1) is 17.1. The predicted molar refractivity (Wildman–Crippen MR) is 72.3 cm³/mol. The highest BCUT2D eigenvalue weighted by atomic mass is 19.4. The summed E-state index contributed by atoms with van der Waals surface area (Å²) in [5.41, 5.74) is 0.0578. The van der Waals surface area contributed by atoms with E-state index in [4.69, 9.17) is 9.57 Å². The lowest BCUT2D eigenvalue weighted by Gasteiger charge is -2.21. The van der Waals surface area contributed by atoms with Crippen LogP contribution in [0.2, 0.25) is 0 Å². The van der Waals surface area contributed by atoms with E-state index in [2.05, 4.69) is 14.7 Å². The van der Waals surface area contributed by atoms with E-state index in [0.717, 1.165) is 6.07 Å². The van der Waals surface area contributed by atoms with Crippen molar-refractivity contribution in [3.05, 3.63) is 29.4 Å². The Balaban J connectivity index is 1.97. The van der Waals surface area contributed by atoms with Crippen LogP contribution in [0.1, 0.15) is 18.4 Å². The van der Waals surface area contributed by atoms with Crippen LogP contribution in [0.25, 0.3) is 11.4 Å². The Kier molecular flexibility index (Phi) is 4.33. The number of hydroxylamine groups is 2. The van der Waals surface area contributed by atoms with Crippen molar-refractivity contribution in [2.45, 2.75) is 25.7 Å². The summed E-state index contributed by atoms with van der Waals surface area (Å²) in [7, 11) is 0. The van der Waals surface area contributed by atoms with Crippen molar-refractivity contribution in [2.24, 2.45) is 0 Å². The average molecular weight is 361 g/mol. The Morgan fingerprint density at radius 2 is 2.16 bits per heavy atom. The lowest BCUT2D eigenvalue weighted by atomic mass is 10.1. The normalized spacial score (nSPS) is 18.2. The third-order valence-corrected chi connectivity index (χ3v) is 3.55. The van der Waals surface area contributed by atoms with Gasteiger partial charge in [0.2, 0.25) is 5.82 Å². The summed E-state index contributed by atoms with van der Waals surface area (Å²) in [5.74, 6) is -2.62. The number of fused-ring (bicyclic) bond motifs is 1. The monoisotopic (exact) mass is 361 g/mol. The Morgan fingerprint density at radius 3 is 2.80 bits per heavy atom. The van der Waals surface area contributed by atoms with Crippen LogP contribution in [0.5, 0.6) is 5.75 Å². The van der Waals surface area contributed by atoms with Crippen LogP contribution in [-0.2, 0) is 22.4 Å². The maximum Gasteiger partial charge on any atom is 0.471 e. The fraction of sp³-hybridized carbons (Fsp3) is 0.357. The van der Waals surface area contributed by atoms with Crippen molar-refractivity contribution < 1.29 is 36.5 Å². The van der Waals surface area contributed by atoms with Gasteiger partial charge >= 0.3 is 18.5 Å². The van der Waals surface area contributed by atoms with Crippen molar-refractivity contribution in [3.8, 4) is 17.1 Å². The largest absolute Gasteiger partial charge is 0.491 e. The fourth-order valence-electron chi connectivity index (χ4n) is 2.28. The lowest BCUT2D eigenvalue weighted by molar-refractivity contribution is -0.189. The third kappa shape index (κ3) is 3.40. The van der Waals surface area contributed by atoms with E-state index in [1.54, 1.807) is 6.92 Å². The Hall–Kier alpha value is -2.69. The molecule has 0 radical (unpaired) electrons. The predicted octanol–water partition coefficient (Wildman–Crippen LogP) is 2.57. The van der Waals surface area contributed by atoms with Crippen LogP contribution >= 0.6 is 0 Å². The second-order valence-corrected chi connectivity index (χ2v) is 5.29. The SMILES string of the molecule is CC1COc2cc(-c3noc(C(F)(F)F)n3)cc(F)c2CN1OC=O. The molecule has 2 heterocycles. The Bertz CT molecular complexity index is 793. The minimum Gasteiger partial charge on any atom is -0.491 e. The van der Waals surface area contributed by atoms with Gasteiger partial charge in [-0.15, -0.1) is 5.06 Å².